The summed E-state index contributed by atoms with van der Waals surface area (Å²) in [6, 6.07) is 9.37. The van der Waals surface area contributed by atoms with E-state index < -0.39 is 0 Å². The van der Waals surface area contributed by atoms with Gasteiger partial charge in [-0.2, -0.15) is 0 Å². The number of halogens is 1. The molecule has 0 aliphatic rings. The van der Waals surface area contributed by atoms with Gasteiger partial charge in [-0.1, -0.05) is 17.7 Å². The summed E-state index contributed by atoms with van der Waals surface area (Å²) in [6.07, 6.45) is 1.80. The summed E-state index contributed by atoms with van der Waals surface area (Å²) in [5.41, 5.74) is 0.0334. The van der Waals surface area contributed by atoms with Crippen LogP contribution >= 0.6 is 22.9 Å². The quantitative estimate of drug-likeness (QED) is 0.915. The number of thiophene rings is 1. The Labute approximate surface area is 115 Å². The topological polar surface area (TPSA) is 34.0 Å². The Kier molecular flexibility index (Phi) is 4.58. The average molecular weight is 283 g/mol. The van der Waals surface area contributed by atoms with Gasteiger partial charge in [0.2, 0.25) is 0 Å². The summed E-state index contributed by atoms with van der Waals surface area (Å²) >= 11 is 7.48. The van der Waals surface area contributed by atoms with Gasteiger partial charge in [-0.15, -0.1) is 11.3 Å². The molecule has 1 unspecified atom stereocenters. The highest BCUT2D eigenvalue weighted by molar-refractivity contribution is 7.16. The first-order chi connectivity index (χ1) is 8.66. The molecule has 2 heterocycles. The van der Waals surface area contributed by atoms with Gasteiger partial charge in [-0.3, -0.25) is 4.79 Å². The number of nitrogens with one attached hydrogen (secondary N) is 1. The maximum atomic E-state index is 11.5. The zero-order valence-electron chi connectivity index (χ0n) is 10.1. The number of hydrogen-bond acceptors (Lipinski definition) is 3. The molecule has 0 aliphatic heterocycles. The molecule has 1 N–H and O–H groups in total. The fraction of sp³-hybridized carbons (Fsp3) is 0.308. The van der Waals surface area contributed by atoms with Crippen molar-refractivity contribution in [3.8, 4) is 0 Å². The highest BCUT2D eigenvalue weighted by Crippen LogP contribution is 2.26. The molecular weight excluding hydrogens is 268 g/mol. The molecule has 0 bridgehead atoms. The summed E-state index contributed by atoms with van der Waals surface area (Å²) in [4.78, 5) is 12.7. The van der Waals surface area contributed by atoms with Crippen molar-refractivity contribution in [3.63, 3.8) is 0 Å². The summed E-state index contributed by atoms with van der Waals surface area (Å²) in [5, 5.41) is 3.38. The fourth-order valence-corrected chi connectivity index (χ4v) is 2.80. The van der Waals surface area contributed by atoms with Crippen LogP contribution in [0.3, 0.4) is 0 Å². The van der Waals surface area contributed by atoms with Crippen molar-refractivity contribution in [1.29, 1.82) is 0 Å². The maximum absolute atomic E-state index is 11.5. The third kappa shape index (κ3) is 3.45. The summed E-state index contributed by atoms with van der Waals surface area (Å²) < 4.78 is 2.50. The molecule has 18 heavy (non-hydrogen) atoms. The highest BCUT2D eigenvalue weighted by atomic mass is 35.5. The van der Waals surface area contributed by atoms with E-state index in [2.05, 4.69) is 12.2 Å². The van der Waals surface area contributed by atoms with Gasteiger partial charge in [0.05, 0.1) is 4.34 Å². The van der Waals surface area contributed by atoms with Crippen LogP contribution in [0, 0.1) is 0 Å². The van der Waals surface area contributed by atoms with Crippen molar-refractivity contribution < 1.29 is 0 Å². The van der Waals surface area contributed by atoms with Gasteiger partial charge in [0.25, 0.3) is 5.56 Å². The first-order valence-electron chi connectivity index (χ1n) is 5.81. The SMILES string of the molecule is CC(NCCn1ccccc1=O)c1ccc(Cl)s1. The smallest absolute Gasteiger partial charge is 0.250 e. The first-order valence-corrected chi connectivity index (χ1v) is 7.00. The molecule has 0 radical (unpaired) electrons. The van der Waals surface area contributed by atoms with Crippen LogP contribution in [-0.4, -0.2) is 11.1 Å². The summed E-state index contributed by atoms with van der Waals surface area (Å²) in [5.74, 6) is 0. The Morgan fingerprint density at radius 2 is 2.22 bits per heavy atom. The second kappa shape index (κ2) is 6.18. The van der Waals surface area contributed by atoms with Gasteiger partial charge in [0, 0.05) is 36.3 Å². The predicted octanol–water partition coefficient (Wildman–Crippen LogP) is 2.91. The van der Waals surface area contributed by atoms with Crippen molar-refractivity contribution in [2.75, 3.05) is 6.54 Å². The number of rotatable bonds is 5. The Morgan fingerprint density at radius 1 is 1.39 bits per heavy atom. The molecule has 2 aromatic heterocycles. The van der Waals surface area contributed by atoms with E-state index in [4.69, 9.17) is 11.6 Å². The molecule has 0 aliphatic carbocycles. The molecule has 0 fully saturated rings. The molecule has 5 heteroatoms. The second-order valence-corrected chi connectivity index (χ2v) is 5.80. The lowest BCUT2D eigenvalue weighted by atomic mass is 10.3. The van der Waals surface area contributed by atoms with Crippen molar-refractivity contribution in [3.05, 3.63) is 56.1 Å². The normalized spacial score (nSPS) is 12.6. The molecule has 2 aromatic rings. The van der Waals surface area contributed by atoms with Crippen LogP contribution in [-0.2, 0) is 6.54 Å². The highest BCUT2D eigenvalue weighted by Gasteiger charge is 2.07. The van der Waals surface area contributed by atoms with Crippen LogP contribution in [0.2, 0.25) is 4.34 Å². The third-order valence-electron chi connectivity index (χ3n) is 2.72. The number of nitrogens with zero attached hydrogens (tertiary/aromatic N) is 1. The van der Waals surface area contributed by atoms with Crippen LogP contribution in [0.15, 0.2) is 41.3 Å². The maximum Gasteiger partial charge on any atom is 0.250 e. The van der Waals surface area contributed by atoms with Gasteiger partial charge < -0.3 is 9.88 Å². The van der Waals surface area contributed by atoms with Crippen LogP contribution < -0.4 is 10.9 Å². The molecule has 0 amide bonds. The fourth-order valence-electron chi connectivity index (χ4n) is 1.71. The minimum atomic E-state index is 0.0334. The first kappa shape index (κ1) is 13.3. The van der Waals surface area contributed by atoms with E-state index in [0.29, 0.717) is 6.54 Å². The third-order valence-corrected chi connectivity index (χ3v) is 4.14. The monoisotopic (exact) mass is 282 g/mol. The van der Waals surface area contributed by atoms with Crippen molar-refractivity contribution in [2.45, 2.75) is 19.5 Å². The van der Waals surface area contributed by atoms with E-state index in [-0.39, 0.29) is 11.6 Å². The van der Waals surface area contributed by atoms with Crippen LogP contribution in [0.25, 0.3) is 0 Å². The van der Waals surface area contributed by atoms with E-state index in [0.717, 1.165) is 10.9 Å². The number of aromatic nitrogens is 1. The Bertz CT molecular complexity index is 564. The molecule has 2 rings (SSSR count). The van der Waals surface area contributed by atoms with Crippen molar-refractivity contribution in [2.24, 2.45) is 0 Å². The van der Waals surface area contributed by atoms with Gasteiger partial charge in [0.15, 0.2) is 0 Å². The number of hydrogen-bond donors (Lipinski definition) is 1. The zero-order chi connectivity index (χ0) is 13.0. The van der Waals surface area contributed by atoms with Gasteiger partial charge in [-0.25, -0.2) is 0 Å². The van der Waals surface area contributed by atoms with Gasteiger partial charge in [0.1, 0.15) is 0 Å². The van der Waals surface area contributed by atoms with Crippen molar-refractivity contribution >= 4 is 22.9 Å². The van der Waals surface area contributed by atoms with Crippen LogP contribution in [0.4, 0.5) is 0 Å². The van der Waals surface area contributed by atoms with E-state index in [1.54, 1.807) is 34.2 Å². The molecule has 96 valence electrons. The van der Waals surface area contributed by atoms with Gasteiger partial charge in [-0.05, 0) is 25.1 Å². The molecule has 0 spiro atoms. The molecule has 1 atom stereocenters. The standard InChI is InChI=1S/C13H15ClN2OS/c1-10(11-5-6-12(14)18-11)15-7-9-16-8-3-2-4-13(16)17/h2-6,8,10,15H,7,9H2,1H3. The minimum Gasteiger partial charge on any atom is -0.314 e. The predicted molar refractivity (Wildman–Crippen MR) is 76.4 cm³/mol. The zero-order valence-corrected chi connectivity index (χ0v) is 11.7. The van der Waals surface area contributed by atoms with E-state index >= 15 is 0 Å². The average Bonchev–Trinajstić information content (AvgIpc) is 2.78. The van der Waals surface area contributed by atoms with E-state index in [1.165, 1.54) is 4.88 Å². The molecule has 0 saturated heterocycles. The minimum absolute atomic E-state index is 0.0334. The molecule has 3 nitrogen and oxygen atoms in total. The largest absolute Gasteiger partial charge is 0.314 e. The molecular formula is C13H15ClN2OS. The second-order valence-electron chi connectivity index (χ2n) is 4.05. The van der Waals surface area contributed by atoms with E-state index in [1.807, 2.05) is 18.2 Å². The van der Waals surface area contributed by atoms with Crippen molar-refractivity contribution in [1.82, 2.24) is 9.88 Å². The van der Waals surface area contributed by atoms with Gasteiger partial charge >= 0.3 is 0 Å². The van der Waals surface area contributed by atoms with E-state index in [9.17, 15) is 4.79 Å². The Morgan fingerprint density at radius 3 is 2.89 bits per heavy atom. The Balaban J connectivity index is 1.86. The summed E-state index contributed by atoms with van der Waals surface area (Å²) in [6.45, 7) is 3.51. The van der Waals surface area contributed by atoms with Crippen LogP contribution in [0.5, 0.6) is 0 Å². The lowest BCUT2D eigenvalue weighted by molar-refractivity contribution is 0.529. The lowest BCUT2D eigenvalue weighted by Gasteiger charge is -2.12. The molecule has 0 aromatic carbocycles. The Hall–Kier alpha value is -1.10. The summed E-state index contributed by atoms with van der Waals surface area (Å²) in [7, 11) is 0. The van der Waals surface area contributed by atoms with Crippen LogP contribution in [0.1, 0.15) is 17.8 Å². The molecule has 0 saturated carbocycles. The lowest BCUT2D eigenvalue weighted by Crippen LogP contribution is -2.27. The number of pyridine rings is 1.